The van der Waals surface area contributed by atoms with Crippen LogP contribution in [-0.4, -0.2) is 18.8 Å². The number of pyridine rings is 1. The third-order valence-electron chi connectivity index (χ3n) is 4.61. The van der Waals surface area contributed by atoms with Crippen molar-refractivity contribution in [3.8, 4) is 0 Å². The van der Waals surface area contributed by atoms with Crippen molar-refractivity contribution < 1.29 is 18.9 Å². The second-order valence-electron chi connectivity index (χ2n) is 6.98. The van der Waals surface area contributed by atoms with Crippen LogP contribution in [0.15, 0.2) is 53.8 Å². The predicted molar refractivity (Wildman–Crippen MR) is 113 cm³/mol. The number of isocyanates is 1. The summed E-state index contributed by atoms with van der Waals surface area (Å²) in [6, 6.07) is 10.7. The lowest BCUT2D eigenvalue weighted by Gasteiger charge is -2.06. The Morgan fingerprint density at radius 1 is 1.10 bits per heavy atom. The van der Waals surface area contributed by atoms with Gasteiger partial charge in [0.2, 0.25) is 6.08 Å². The van der Waals surface area contributed by atoms with Crippen molar-refractivity contribution in [3.05, 3.63) is 54.4 Å². The molecule has 0 bridgehead atoms. The number of carbonyl (C=O) groups excluding carboxylic acids is 2. The van der Waals surface area contributed by atoms with Gasteiger partial charge >= 0.3 is 6.09 Å². The van der Waals surface area contributed by atoms with Crippen molar-refractivity contribution >= 4 is 23.5 Å². The highest BCUT2D eigenvalue weighted by Gasteiger charge is 2.07. The Kier molecular flexibility index (Phi) is 10.2. The van der Waals surface area contributed by atoms with Crippen LogP contribution in [0, 0.1) is 0 Å². The summed E-state index contributed by atoms with van der Waals surface area (Å²) >= 11 is 0. The van der Waals surface area contributed by atoms with E-state index in [0.29, 0.717) is 17.9 Å². The molecular weight excluding hydrogens is 366 g/mol. The third kappa shape index (κ3) is 9.17. The van der Waals surface area contributed by atoms with E-state index in [2.05, 4.69) is 29.5 Å². The molecule has 0 saturated carbocycles. The minimum atomic E-state index is -0.513. The van der Waals surface area contributed by atoms with Gasteiger partial charge in [-0.15, -0.1) is 0 Å². The molecule has 0 radical (unpaired) electrons. The average molecular weight is 397 g/mol. The zero-order chi connectivity index (χ0) is 20.7. The molecule has 0 aliphatic carbocycles. The van der Waals surface area contributed by atoms with E-state index >= 15 is 0 Å². The molecule has 2 rings (SSSR count). The molecule has 0 aliphatic heterocycles. The first-order valence-electron chi connectivity index (χ1n) is 10.3. The lowest BCUT2D eigenvalue weighted by Crippen LogP contribution is -2.36. The number of unbranched alkanes of at least 4 members (excludes halogenated alkanes) is 5. The monoisotopic (exact) mass is 396 g/mol. The zero-order valence-electron chi connectivity index (χ0n) is 17.1. The molecule has 0 atom stereocenters. The number of amides is 1. The van der Waals surface area contributed by atoms with Crippen LogP contribution >= 0.6 is 0 Å². The van der Waals surface area contributed by atoms with Crippen molar-refractivity contribution in [1.82, 2.24) is 0 Å². The number of aryl methyl sites for hydroxylation is 1. The largest absolute Gasteiger partial charge is 0.443 e. The van der Waals surface area contributed by atoms with Crippen LogP contribution in [0.3, 0.4) is 0 Å². The number of aromatic nitrogens is 1. The molecule has 0 fully saturated rings. The van der Waals surface area contributed by atoms with Crippen LogP contribution in [0.25, 0.3) is 0 Å². The maximum atomic E-state index is 11.9. The first kappa shape index (κ1) is 22.3. The number of anilines is 1. The van der Waals surface area contributed by atoms with Gasteiger partial charge in [0.25, 0.3) is 0 Å². The van der Waals surface area contributed by atoms with Crippen molar-refractivity contribution in [1.29, 1.82) is 0 Å². The molecule has 1 aromatic heterocycles. The first-order valence-corrected chi connectivity index (χ1v) is 10.3. The lowest BCUT2D eigenvalue weighted by molar-refractivity contribution is -0.698. The van der Waals surface area contributed by atoms with Crippen LogP contribution in [0.5, 0.6) is 0 Å². The number of rotatable bonds is 12. The molecule has 6 nitrogen and oxygen atoms in total. The number of benzene rings is 1. The molecule has 6 heteroatoms. The van der Waals surface area contributed by atoms with Crippen LogP contribution in [0.1, 0.15) is 51.0 Å². The predicted octanol–water partition coefficient (Wildman–Crippen LogP) is 5.09. The van der Waals surface area contributed by atoms with Gasteiger partial charge in [0.1, 0.15) is 0 Å². The molecule has 2 aromatic rings. The SMILES string of the molecule is CCCCCCCCc1ccc[n+](CCOC(=O)Nc2ccc(N=C=O)cc2)c1. The Bertz CT molecular complexity index is 799. The fourth-order valence-electron chi connectivity index (χ4n) is 3.04. The van der Waals surface area contributed by atoms with E-state index in [4.69, 9.17) is 4.74 Å². The molecule has 29 heavy (non-hydrogen) atoms. The summed E-state index contributed by atoms with van der Waals surface area (Å²) in [5, 5.41) is 2.65. The van der Waals surface area contributed by atoms with Gasteiger partial charge in [-0.05, 0) is 43.2 Å². The molecule has 1 N–H and O–H groups in total. The standard InChI is InChI=1S/C23H29N3O3/c1-2-3-4-5-6-7-9-20-10-8-15-26(18-20)16-17-29-23(28)25-22-13-11-21(12-14-22)24-19-27/h8,10-15,18H,2-7,9,16-17H2,1H3/p+1. The number of aliphatic imine (C=N–C) groups is 1. The molecule has 0 saturated heterocycles. The Labute approximate surface area is 172 Å². The quantitative estimate of drug-likeness (QED) is 0.235. The topological polar surface area (TPSA) is 71.6 Å². The molecule has 0 aliphatic rings. The van der Waals surface area contributed by atoms with Gasteiger partial charge in [-0.3, -0.25) is 5.32 Å². The molecule has 0 unspecified atom stereocenters. The maximum absolute atomic E-state index is 11.9. The Hall–Kier alpha value is -2.98. The Balaban J connectivity index is 1.68. The normalized spacial score (nSPS) is 10.2. The summed E-state index contributed by atoms with van der Waals surface area (Å²) in [5.41, 5.74) is 2.37. The molecule has 1 aromatic carbocycles. The summed E-state index contributed by atoms with van der Waals surface area (Å²) < 4.78 is 7.29. The van der Waals surface area contributed by atoms with E-state index < -0.39 is 6.09 Å². The van der Waals surface area contributed by atoms with Crippen molar-refractivity contribution in [2.75, 3.05) is 11.9 Å². The fraction of sp³-hybridized carbons (Fsp3) is 0.435. The molecular formula is C23H30N3O3+. The molecule has 0 spiro atoms. The Morgan fingerprint density at radius 2 is 1.86 bits per heavy atom. The highest BCUT2D eigenvalue weighted by molar-refractivity contribution is 5.84. The minimum absolute atomic E-state index is 0.282. The van der Waals surface area contributed by atoms with Gasteiger partial charge in [0.05, 0.1) is 5.69 Å². The highest BCUT2D eigenvalue weighted by atomic mass is 16.5. The smallest absolute Gasteiger partial charge is 0.411 e. The van der Waals surface area contributed by atoms with Crippen LogP contribution in [-0.2, 0) is 22.5 Å². The summed E-state index contributed by atoms with van der Waals surface area (Å²) in [7, 11) is 0. The Morgan fingerprint density at radius 3 is 2.62 bits per heavy atom. The van der Waals surface area contributed by atoms with E-state index in [1.54, 1.807) is 24.3 Å². The molecule has 1 heterocycles. The molecule has 1 amide bonds. The van der Waals surface area contributed by atoms with Crippen LogP contribution < -0.4 is 9.88 Å². The fourth-order valence-corrected chi connectivity index (χ4v) is 3.04. The van der Waals surface area contributed by atoms with Crippen molar-refractivity contribution in [3.63, 3.8) is 0 Å². The van der Waals surface area contributed by atoms with Crippen LogP contribution in [0.2, 0.25) is 0 Å². The summed E-state index contributed by atoms with van der Waals surface area (Å²) in [6.07, 6.45) is 13.9. The summed E-state index contributed by atoms with van der Waals surface area (Å²) in [5.74, 6) is 0. The van der Waals surface area contributed by atoms with Gasteiger partial charge in [0, 0.05) is 17.3 Å². The second kappa shape index (κ2) is 13.2. The third-order valence-corrected chi connectivity index (χ3v) is 4.61. The van der Waals surface area contributed by atoms with E-state index in [0.717, 1.165) is 6.42 Å². The van der Waals surface area contributed by atoms with E-state index in [9.17, 15) is 9.59 Å². The van der Waals surface area contributed by atoms with Gasteiger partial charge in [0.15, 0.2) is 25.5 Å². The van der Waals surface area contributed by atoms with Crippen molar-refractivity contribution in [2.45, 2.75) is 58.4 Å². The van der Waals surface area contributed by atoms with Gasteiger partial charge in [-0.2, -0.15) is 4.99 Å². The number of nitrogens with zero attached hydrogens (tertiary/aromatic N) is 2. The van der Waals surface area contributed by atoms with Gasteiger partial charge < -0.3 is 4.74 Å². The average Bonchev–Trinajstić information content (AvgIpc) is 2.73. The van der Waals surface area contributed by atoms with Gasteiger partial charge in [-0.1, -0.05) is 39.0 Å². The first-order chi connectivity index (χ1) is 14.2. The van der Waals surface area contributed by atoms with E-state index in [1.165, 1.54) is 50.2 Å². The number of hydrogen-bond acceptors (Lipinski definition) is 4. The van der Waals surface area contributed by atoms with E-state index in [-0.39, 0.29) is 6.61 Å². The number of nitrogens with one attached hydrogen (secondary N) is 1. The summed E-state index contributed by atoms with van der Waals surface area (Å²) in [6.45, 7) is 3.12. The van der Waals surface area contributed by atoms with E-state index in [1.807, 2.05) is 16.8 Å². The van der Waals surface area contributed by atoms with Crippen molar-refractivity contribution in [2.24, 2.45) is 4.99 Å². The number of carbonyl (C=O) groups is 1. The highest BCUT2D eigenvalue weighted by Crippen LogP contribution is 2.15. The number of ether oxygens (including phenoxy) is 1. The van der Waals surface area contributed by atoms with Crippen LogP contribution in [0.4, 0.5) is 16.2 Å². The number of hydrogen-bond donors (Lipinski definition) is 1. The van der Waals surface area contributed by atoms with Gasteiger partial charge in [-0.25, -0.2) is 14.2 Å². The maximum Gasteiger partial charge on any atom is 0.411 e. The minimum Gasteiger partial charge on any atom is -0.443 e. The lowest BCUT2D eigenvalue weighted by atomic mass is 10.1. The summed E-state index contributed by atoms with van der Waals surface area (Å²) in [4.78, 5) is 25.6. The molecule has 154 valence electrons. The second-order valence-corrected chi connectivity index (χ2v) is 6.98. The zero-order valence-corrected chi connectivity index (χ0v) is 17.1.